The van der Waals surface area contributed by atoms with E-state index in [0.717, 1.165) is 43.9 Å². The van der Waals surface area contributed by atoms with Crippen molar-refractivity contribution in [2.75, 3.05) is 32.9 Å². The van der Waals surface area contributed by atoms with Crippen molar-refractivity contribution in [1.82, 2.24) is 18.8 Å². The molecule has 1 saturated heterocycles. The van der Waals surface area contributed by atoms with Crippen LogP contribution in [0.5, 0.6) is 0 Å². The van der Waals surface area contributed by atoms with Gasteiger partial charge < -0.3 is 9.47 Å². The first-order valence-corrected chi connectivity index (χ1v) is 11.4. The van der Waals surface area contributed by atoms with Crippen LogP contribution in [-0.2, 0) is 21.4 Å². The highest BCUT2D eigenvalue weighted by Crippen LogP contribution is 2.31. The Morgan fingerprint density at radius 3 is 2.73 bits per heavy atom. The minimum absolute atomic E-state index is 0.0299. The summed E-state index contributed by atoms with van der Waals surface area (Å²) >= 11 is 0. The highest BCUT2D eigenvalue weighted by Gasteiger charge is 2.28. The molecule has 1 saturated carbocycles. The molecule has 1 atom stereocenters. The van der Waals surface area contributed by atoms with Gasteiger partial charge in [-0.2, -0.15) is 0 Å². The number of imidazole rings is 1. The molecular weight excluding hydrogens is 352 g/mol. The number of carbonyl (C=O) groups excluding carboxylic acids is 1. The van der Waals surface area contributed by atoms with Gasteiger partial charge in [-0.25, -0.2) is 17.7 Å². The van der Waals surface area contributed by atoms with Crippen LogP contribution < -0.4 is 0 Å². The molecule has 0 spiro atoms. The van der Waals surface area contributed by atoms with E-state index in [1.165, 1.54) is 30.6 Å². The number of hydrogen-bond donors (Lipinski definition) is 0. The second-order valence-corrected chi connectivity index (χ2v) is 9.84. The molecule has 0 unspecified atom stereocenters. The van der Waals surface area contributed by atoms with Gasteiger partial charge in [-0.3, -0.25) is 4.79 Å². The van der Waals surface area contributed by atoms with Gasteiger partial charge in [0.05, 0.1) is 6.26 Å². The van der Waals surface area contributed by atoms with Gasteiger partial charge in [0.15, 0.2) is 0 Å². The molecule has 0 aromatic carbocycles. The van der Waals surface area contributed by atoms with Gasteiger partial charge in [0.2, 0.25) is 15.9 Å². The molecule has 1 amide bonds. The maximum absolute atomic E-state index is 12.5. The van der Waals surface area contributed by atoms with E-state index in [0.29, 0.717) is 6.54 Å². The number of sulfonamides is 1. The summed E-state index contributed by atoms with van der Waals surface area (Å²) in [4.78, 5) is 19.0. The van der Waals surface area contributed by atoms with E-state index < -0.39 is 10.0 Å². The molecule has 146 valence electrons. The largest absolute Gasteiger partial charge is 0.342 e. The second kappa shape index (κ2) is 8.08. The van der Waals surface area contributed by atoms with Crippen LogP contribution in [0.4, 0.5) is 0 Å². The number of nitrogens with zero attached hydrogens (tertiary/aromatic N) is 4. The van der Waals surface area contributed by atoms with Crippen LogP contribution in [0, 0.1) is 5.92 Å². The van der Waals surface area contributed by atoms with Crippen LogP contribution in [0.2, 0.25) is 0 Å². The van der Waals surface area contributed by atoms with Crippen molar-refractivity contribution in [2.24, 2.45) is 5.92 Å². The van der Waals surface area contributed by atoms with E-state index in [4.69, 9.17) is 0 Å². The first-order chi connectivity index (χ1) is 12.3. The fourth-order valence-electron chi connectivity index (χ4n) is 3.78. The van der Waals surface area contributed by atoms with Gasteiger partial charge >= 0.3 is 0 Å². The molecule has 1 aromatic heterocycles. The molecule has 0 N–H and O–H groups in total. The number of carbonyl (C=O) groups is 1. The van der Waals surface area contributed by atoms with Gasteiger partial charge in [0.1, 0.15) is 5.82 Å². The standard InChI is InChI=1S/C18H30N4O3S/c1-20(26(2,24)25)11-8-17(23)21-10-4-7-16(14-21)18-19-9-12-22(18)13-15-5-3-6-15/h9,12,15-16H,3-8,10-11,13-14H2,1-2H3/t16-/m0/s1. The molecule has 2 fully saturated rings. The van der Waals surface area contributed by atoms with E-state index >= 15 is 0 Å². The summed E-state index contributed by atoms with van der Waals surface area (Å²) in [5.41, 5.74) is 0. The molecule has 1 aliphatic carbocycles. The van der Waals surface area contributed by atoms with E-state index in [9.17, 15) is 13.2 Å². The predicted octanol–water partition coefficient (Wildman–Crippen LogP) is 1.67. The lowest BCUT2D eigenvalue weighted by atomic mass is 9.85. The van der Waals surface area contributed by atoms with Gasteiger partial charge in [-0.1, -0.05) is 6.42 Å². The molecule has 26 heavy (non-hydrogen) atoms. The zero-order chi connectivity index (χ0) is 18.7. The Hall–Kier alpha value is -1.41. The minimum Gasteiger partial charge on any atom is -0.342 e. The van der Waals surface area contributed by atoms with E-state index in [2.05, 4.69) is 15.7 Å². The van der Waals surface area contributed by atoms with Crippen molar-refractivity contribution in [3.05, 3.63) is 18.2 Å². The molecule has 2 aliphatic rings. The van der Waals surface area contributed by atoms with Crippen LogP contribution in [0.15, 0.2) is 12.4 Å². The molecule has 0 radical (unpaired) electrons. The normalized spacial score (nSPS) is 21.8. The average molecular weight is 383 g/mol. The third kappa shape index (κ3) is 4.65. The lowest BCUT2D eigenvalue weighted by Gasteiger charge is -2.34. The summed E-state index contributed by atoms with van der Waals surface area (Å²) in [7, 11) is -1.73. The number of likely N-dealkylation sites (tertiary alicyclic amines) is 1. The van der Waals surface area contributed by atoms with Crippen molar-refractivity contribution in [3.8, 4) is 0 Å². The molecule has 0 bridgehead atoms. The van der Waals surface area contributed by atoms with Crippen molar-refractivity contribution in [2.45, 2.75) is 51.0 Å². The SMILES string of the molecule is CN(CCC(=O)N1CCC[C@H](c2nccn2CC2CCC2)C1)S(C)(=O)=O. The second-order valence-electron chi connectivity index (χ2n) is 7.75. The fraction of sp³-hybridized carbons (Fsp3) is 0.778. The predicted molar refractivity (Wildman–Crippen MR) is 100 cm³/mol. The fourth-order valence-corrected chi connectivity index (χ4v) is 4.20. The summed E-state index contributed by atoms with van der Waals surface area (Å²) in [6.45, 7) is 2.71. The lowest BCUT2D eigenvalue weighted by Crippen LogP contribution is -2.41. The van der Waals surface area contributed by atoms with Gasteiger partial charge in [-0.05, 0) is 31.6 Å². The Morgan fingerprint density at radius 2 is 2.08 bits per heavy atom. The zero-order valence-corrected chi connectivity index (χ0v) is 16.6. The van der Waals surface area contributed by atoms with Gasteiger partial charge in [-0.15, -0.1) is 0 Å². The first kappa shape index (κ1) is 19.4. The highest BCUT2D eigenvalue weighted by atomic mass is 32.2. The number of hydrogen-bond acceptors (Lipinski definition) is 4. The zero-order valence-electron chi connectivity index (χ0n) is 15.8. The summed E-state index contributed by atoms with van der Waals surface area (Å²) < 4.78 is 26.5. The average Bonchev–Trinajstić information content (AvgIpc) is 3.03. The molecular formula is C18H30N4O3S. The topological polar surface area (TPSA) is 75.5 Å². The molecule has 3 rings (SSSR count). The molecule has 1 aliphatic heterocycles. The van der Waals surface area contributed by atoms with Crippen LogP contribution >= 0.6 is 0 Å². The Kier molecular flexibility index (Phi) is 6.02. The summed E-state index contributed by atoms with van der Waals surface area (Å²) in [5, 5.41) is 0. The number of aromatic nitrogens is 2. The van der Waals surface area contributed by atoms with Crippen molar-refractivity contribution in [3.63, 3.8) is 0 Å². The Bertz CT molecular complexity index is 727. The highest BCUT2D eigenvalue weighted by molar-refractivity contribution is 7.88. The minimum atomic E-state index is -3.24. The van der Waals surface area contributed by atoms with Gasteiger partial charge in [0.25, 0.3) is 0 Å². The van der Waals surface area contributed by atoms with E-state index in [1.807, 2.05) is 11.1 Å². The maximum atomic E-state index is 12.5. The monoisotopic (exact) mass is 382 g/mol. The summed E-state index contributed by atoms with van der Waals surface area (Å²) in [6, 6.07) is 0. The van der Waals surface area contributed by atoms with Crippen molar-refractivity contribution >= 4 is 15.9 Å². The molecule has 7 nitrogen and oxygen atoms in total. The smallest absolute Gasteiger partial charge is 0.223 e. The Morgan fingerprint density at radius 1 is 1.31 bits per heavy atom. The van der Waals surface area contributed by atoms with E-state index in [1.54, 1.807) is 0 Å². The van der Waals surface area contributed by atoms with Crippen molar-refractivity contribution in [1.29, 1.82) is 0 Å². The van der Waals surface area contributed by atoms with Crippen LogP contribution in [0.1, 0.15) is 50.3 Å². The quantitative estimate of drug-likeness (QED) is 0.719. The maximum Gasteiger partial charge on any atom is 0.223 e. The number of amides is 1. The molecule has 1 aromatic rings. The van der Waals surface area contributed by atoms with Crippen molar-refractivity contribution < 1.29 is 13.2 Å². The summed E-state index contributed by atoms with van der Waals surface area (Å²) in [5.74, 6) is 2.18. The van der Waals surface area contributed by atoms with Crippen LogP contribution in [0.3, 0.4) is 0 Å². The Labute approximate surface area is 156 Å². The molecule has 2 heterocycles. The first-order valence-electron chi connectivity index (χ1n) is 9.54. The number of piperidine rings is 1. The molecule has 8 heteroatoms. The third-order valence-electron chi connectivity index (χ3n) is 5.77. The lowest BCUT2D eigenvalue weighted by molar-refractivity contribution is -0.132. The Balaban J connectivity index is 1.57. The van der Waals surface area contributed by atoms with Crippen LogP contribution in [0.25, 0.3) is 0 Å². The van der Waals surface area contributed by atoms with Crippen LogP contribution in [-0.4, -0.2) is 66.0 Å². The number of rotatable bonds is 7. The summed E-state index contributed by atoms with van der Waals surface area (Å²) in [6.07, 6.45) is 11.3. The van der Waals surface area contributed by atoms with E-state index in [-0.39, 0.29) is 24.8 Å². The van der Waals surface area contributed by atoms with Gasteiger partial charge in [0, 0.05) is 58.0 Å². The third-order valence-corrected chi connectivity index (χ3v) is 7.09.